The molecule has 0 radical (unpaired) electrons. The van der Waals surface area contributed by atoms with Gasteiger partial charge in [0.05, 0.1) is 5.54 Å². The molecule has 0 spiro atoms. The Morgan fingerprint density at radius 1 is 1.33 bits per heavy atom. The lowest BCUT2D eigenvalue weighted by Crippen LogP contribution is -2.45. The minimum absolute atomic E-state index is 0.129. The Morgan fingerprint density at radius 2 is 1.87 bits per heavy atom. The molecule has 0 heterocycles. The van der Waals surface area contributed by atoms with E-state index in [-0.39, 0.29) is 11.8 Å². The number of terminal acetylenes is 1. The molecule has 1 fully saturated rings. The third-order valence-electron chi connectivity index (χ3n) is 3.18. The lowest BCUT2D eigenvalue weighted by Gasteiger charge is -2.28. The first-order valence-electron chi connectivity index (χ1n) is 5.74. The van der Waals surface area contributed by atoms with Crippen molar-refractivity contribution >= 4 is 5.91 Å². The van der Waals surface area contributed by atoms with Crippen LogP contribution in [0.5, 0.6) is 0 Å². The molecule has 0 aromatic carbocycles. The van der Waals surface area contributed by atoms with Gasteiger partial charge in [0.25, 0.3) is 0 Å². The molecule has 1 aliphatic carbocycles. The summed E-state index contributed by atoms with van der Waals surface area (Å²) in [5.74, 6) is 3.67. The van der Waals surface area contributed by atoms with Crippen LogP contribution >= 0.6 is 0 Å². The van der Waals surface area contributed by atoms with Crippen LogP contribution in [0.4, 0.5) is 0 Å². The van der Waals surface area contributed by atoms with Crippen molar-refractivity contribution in [3.63, 3.8) is 0 Å². The summed E-state index contributed by atoms with van der Waals surface area (Å²) >= 11 is 0. The molecule has 0 saturated heterocycles. The van der Waals surface area contributed by atoms with Crippen molar-refractivity contribution in [3.05, 3.63) is 0 Å². The predicted octanol–water partition coefficient (Wildman–Crippen LogP) is 2.34. The molecular weight excluding hydrogens is 186 g/mol. The first-order valence-corrected chi connectivity index (χ1v) is 5.74. The minimum atomic E-state index is -0.514. The summed E-state index contributed by atoms with van der Waals surface area (Å²) in [7, 11) is 0. The number of hydrogen-bond acceptors (Lipinski definition) is 1. The molecule has 84 valence electrons. The largest absolute Gasteiger partial charge is 0.340 e. The van der Waals surface area contributed by atoms with Gasteiger partial charge in [0.1, 0.15) is 0 Å². The highest BCUT2D eigenvalue weighted by Crippen LogP contribution is 2.28. The molecule has 1 N–H and O–H groups in total. The van der Waals surface area contributed by atoms with E-state index in [1.807, 2.05) is 13.8 Å². The molecule has 0 aromatic rings. The average Bonchev–Trinajstić information content (AvgIpc) is 2.18. The van der Waals surface area contributed by atoms with Gasteiger partial charge >= 0.3 is 0 Å². The summed E-state index contributed by atoms with van der Waals surface area (Å²) in [6.45, 7) is 5.96. The molecule has 1 saturated carbocycles. The zero-order chi connectivity index (χ0) is 11.5. The first kappa shape index (κ1) is 12.1. The van der Waals surface area contributed by atoms with E-state index in [4.69, 9.17) is 6.42 Å². The molecule has 15 heavy (non-hydrogen) atoms. The third kappa shape index (κ3) is 3.58. The highest BCUT2D eigenvalue weighted by molar-refractivity contribution is 5.79. The Hall–Kier alpha value is -0.970. The molecule has 1 amide bonds. The van der Waals surface area contributed by atoms with Gasteiger partial charge in [0, 0.05) is 5.92 Å². The van der Waals surface area contributed by atoms with Crippen LogP contribution in [0, 0.1) is 24.2 Å². The molecule has 1 rings (SSSR count). The number of carbonyl (C=O) groups is 1. The second kappa shape index (κ2) is 4.70. The molecular formula is C13H21NO. The van der Waals surface area contributed by atoms with Crippen molar-refractivity contribution in [2.24, 2.45) is 11.8 Å². The van der Waals surface area contributed by atoms with Gasteiger partial charge < -0.3 is 5.32 Å². The first-order chi connectivity index (χ1) is 6.94. The Balaban J connectivity index is 2.45. The fraction of sp³-hybridized carbons (Fsp3) is 0.769. The van der Waals surface area contributed by atoms with E-state index in [0.29, 0.717) is 0 Å². The normalized spacial score (nSPS) is 26.8. The fourth-order valence-corrected chi connectivity index (χ4v) is 1.97. The second-order valence-electron chi connectivity index (χ2n) is 5.22. The van der Waals surface area contributed by atoms with Crippen LogP contribution in [0.15, 0.2) is 0 Å². The van der Waals surface area contributed by atoms with E-state index in [1.165, 1.54) is 0 Å². The highest BCUT2D eigenvalue weighted by Gasteiger charge is 2.27. The fourth-order valence-electron chi connectivity index (χ4n) is 1.97. The zero-order valence-corrected chi connectivity index (χ0v) is 9.97. The van der Waals surface area contributed by atoms with E-state index < -0.39 is 5.54 Å². The summed E-state index contributed by atoms with van der Waals surface area (Å²) in [6, 6.07) is 0. The standard InChI is InChI=1S/C13H21NO/c1-5-13(3,4)14-12(15)11-8-6-10(2)7-9-11/h1,10-11H,6-9H2,2-4H3,(H,14,15). The highest BCUT2D eigenvalue weighted by atomic mass is 16.2. The van der Waals surface area contributed by atoms with E-state index >= 15 is 0 Å². The lowest BCUT2D eigenvalue weighted by molar-refractivity contribution is -0.127. The smallest absolute Gasteiger partial charge is 0.224 e. The topological polar surface area (TPSA) is 29.1 Å². The van der Waals surface area contributed by atoms with Gasteiger partial charge in [-0.2, -0.15) is 0 Å². The molecule has 0 atom stereocenters. The van der Waals surface area contributed by atoms with E-state index in [0.717, 1.165) is 31.6 Å². The number of amides is 1. The van der Waals surface area contributed by atoms with Crippen LogP contribution in [0.2, 0.25) is 0 Å². The molecule has 1 aliphatic rings. The van der Waals surface area contributed by atoms with Gasteiger partial charge in [0.2, 0.25) is 5.91 Å². The van der Waals surface area contributed by atoms with Crippen molar-refractivity contribution in [2.45, 2.75) is 52.0 Å². The summed E-state index contributed by atoms with van der Waals surface area (Å²) in [5.41, 5.74) is -0.514. The molecule has 0 aromatic heterocycles. The third-order valence-corrected chi connectivity index (χ3v) is 3.18. The van der Waals surface area contributed by atoms with Crippen molar-refractivity contribution in [1.82, 2.24) is 5.32 Å². The van der Waals surface area contributed by atoms with Crippen molar-refractivity contribution < 1.29 is 4.79 Å². The number of rotatable bonds is 2. The molecule has 2 heteroatoms. The molecule has 0 unspecified atom stereocenters. The van der Waals surface area contributed by atoms with Crippen molar-refractivity contribution in [2.75, 3.05) is 0 Å². The van der Waals surface area contributed by atoms with Gasteiger partial charge in [-0.15, -0.1) is 6.42 Å². The van der Waals surface area contributed by atoms with Crippen LogP contribution in [-0.2, 0) is 4.79 Å². The van der Waals surface area contributed by atoms with Gasteiger partial charge in [-0.3, -0.25) is 4.79 Å². The Bertz CT molecular complexity index is 267. The van der Waals surface area contributed by atoms with Crippen LogP contribution in [0.25, 0.3) is 0 Å². The van der Waals surface area contributed by atoms with E-state index in [9.17, 15) is 4.79 Å². The predicted molar refractivity (Wildman–Crippen MR) is 62.2 cm³/mol. The Morgan fingerprint density at radius 3 is 2.33 bits per heavy atom. The maximum Gasteiger partial charge on any atom is 0.224 e. The van der Waals surface area contributed by atoms with Crippen LogP contribution < -0.4 is 5.32 Å². The Labute approximate surface area is 92.8 Å². The maximum absolute atomic E-state index is 11.9. The molecule has 0 aliphatic heterocycles. The van der Waals surface area contributed by atoms with Crippen molar-refractivity contribution in [3.8, 4) is 12.3 Å². The van der Waals surface area contributed by atoms with Gasteiger partial charge in [-0.25, -0.2) is 0 Å². The van der Waals surface area contributed by atoms with Gasteiger partial charge in [-0.1, -0.05) is 12.8 Å². The summed E-state index contributed by atoms with van der Waals surface area (Å²) in [5, 5.41) is 2.92. The minimum Gasteiger partial charge on any atom is -0.340 e. The summed E-state index contributed by atoms with van der Waals surface area (Å²) in [6.07, 6.45) is 9.68. The second-order valence-corrected chi connectivity index (χ2v) is 5.22. The summed E-state index contributed by atoms with van der Waals surface area (Å²) < 4.78 is 0. The van der Waals surface area contributed by atoms with Gasteiger partial charge in [0.15, 0.2) is 0 Å². The zero-order valence-electron chi connectivity index (χ0n) is 9.97. The summed E-state index contributed by atoms with van der Waals surface area (Å²) in [4.78, 5) is 11.9. The van der Waals surface area contributed by atoms with Crippen LogP contribution in [0.1, 0.15) is 46.5 Å². The van der Waals surface area contributed by atoms with Crippen LogP contribution in [-0.4, -0.2) is 11.4 Å². The molecule has 0 bridgehead atoms. The van der Waals surface area contributed by atoms with E-state index in [1.54, 1.807) is 0 Å². The monoisotopic (exact) mass is 207 g/mol. The average molecular weight is 207 g/mol. The lowest BCUT2D eigenvalue weighted by atomic mass is 9.82. The number of hydrogen-bond donors (Lipinski definition) is 1. The van der Waals surface area contributed by atoms with Gasteiger partial charge in [-0.05, 0) is 45.4 Å². The maximum atomic E-state index is 11.9. The quantitative estimate of drug-likeness (QED) is 0.692. The Kier molecular flexibility index (Phi) is 3.79. The number of nitrogens with one attached hydrogen (secondary N) is 1. The van der Waals surface area contributed by atoms with Crippen LogP contribution in [0.3, 0.4) is 0 Å². The number of carbonyl (C=O) groups excluding carboxylic acids is 1. The molecule has 2 nitrogen and oxygen atoms in total. The van der Waals surface area contributed by atoms with E-state index in [2.05, 4.69) is 18.2 Å². The SMILES string of the molecule is C#CC(C)(C)NC(=O)C1CCC(C)CC1. The van der Waals surface area contributed by atoms with Crippen molar-refractivity contribution in [1.29, 1.82) is 0 Å².